The van der Waals surface area contributed by atoms with Gasteiger partial charge in [-0.05, 0) is 46.7 Å². The van der Waals surface area contributed by atoms with Crippen molar-refractivity contribution in [1.29, 1.82) is 0 Å². The van der Waals surface area contributed by atoms with Gasteiger partial charge in [0.15, 0.2) is 0 Å². The Morgan fingerprint density at radius 2 is 1.27 bits per heavy atom. The third kappa shape index (κ3) is 5.60. The molecule has 2 aromatic rings. The molecule has 0 bridgehead atoms. The smallest absolute Gasteiger partial charge is 0.274 e. The van der Waals surface area contributed by atoms with Crippen molar-refractivity contribution in [2.45, 2.75) is 65.5 Å². The summed E-state index contributed by atoms with van der Waals surface area (Å²) in [5.41, 5.74) is 5.33. The van der Waals surface area contributed by atoms with E-state index in [-0.39, 0.29) is 10.8 Å². The Labute approximate surface area is 161 Å². The zero-order chi connectivity index (χ0) is 19.5. The van der Waals surface area contributed by atoms with Gasteiger partial charge < -0.3 is 4.43 Å². The van der Waals surface area contributed by atoms with Crippen LogP contribution in [0.1, 0.15) is 63.8 Å². The molecule has 2 rings (SSSR count). The van der Waals surface area contributed by atoms with Gasteiger partial charge in [0.2, 0.25) is 0 Å². The van der Waals surface area contributed by atoms with E-state index in [4.69, 9.17) is 4.43 Å². The molecule has 2 heteroatoms. The zero-order valence-electron chi connectivity index (χ0n) is 17.6. The van der Waals surface area contributed by atoms with E-state index in [0.717, 1.165) is 11.3 Å². The van der Waals surface area contributed by atoms with Crippen LogP contribution < -0.4 is 4.43 Å². The summed E-state index contributed by atoms with van der Waals surface area (Å²) in [7, 11) is -0.808. The number of hydrogen-bond donors (Lipinski definition) is 0. The number of hydrogen-bond acceptors (Lipinski definition) is 1. The molecule has 26 heavy (non-hydrogen) atoms. The summed E-state index contributed by atoms with van der Waals surface area (Å²) in [5.74, 6) is 0.999. The van der Waals surface area contributed by atoms with E-state index in [9.17, 15) is 0 Å². The molecular formula is C24H33OSi. The third-order valence-corrected chi connectivity index (χ3v) is 5.05. The van der Waals surface area contributed by atoms with Crippen molar-refractivity contribution >= 4 is 21.2 Å². The summed E-state index contributed by atoms with van der Waals surface area (Å²) in [6.45, 7) is 17.8. The highest BCUT2D eigenvalue weighted by Gasteiger charge is 2.16. The molecule has 1 radical (unpaired) electrons. The fourth-order valence-corrected chi connectivity index (χ4v) is 3.34. The van der Waals surface area contributed by atoms with Gasteiger partial charge in [0.1, 0.15) is 5.75 Å². The molecule has 0 fully saturated rings. The van der Waals surface area contributed by atoms with Crippen molar-refractivity contribution in [3.05, 3.63) is 64.7 Å². The molecule has 0 amide bonds. The zero-order valence-corrected chi connectivity index (χ0v) is 18.6. The minimum atomic E-state index is -0.808. The Balaban J connectivity index is 2.31. The quantitative estimate of drug-likeness (QED) is 0.415. The van der Waals surface area contributed by atoms with Gasteiger partial charge in [-0.15, -0.1) is 0 Å². The molecule has 2 aromatic carbocycles. The average Bonchev–Trinajstić information content (AvgIpc) is 2.51. The van der Waals surface area contributed by atoms with Crippen LogP contribution in [0, 0.1) is 0 Å². The molecule has 0 aliphatic heterocycles. The molecule has 0 aliphatic rings. The lowest BCUT2D eigenvalue weighted by Crippen LogP contribution is -2.15. The van der Waals surface area contributed by atoms with E-state index in [2.05, 4.69) is 109 Å². The second-order valence-electron chi connectivity index (χ2n) is 9.22. The van der Waals surface area contributed by atoms with Crippen LogP contribution in [-0.2, 0) is 10.8 Å². The molecule has 0 atom stereocenters. The lowest BCUT2D eigenvalue weighted by Gasteiger charge is -2.22. The highest BCUT2D eigenvalue weighted by Crippen LogP contribution is 2.30. The molecule has 0 heterocycles. The second kappa shape index (κ2) is 7.83. The van der Waals surface area contributed by atoms with E-state index in [1.54, 1.807) is 0 Å². The predicted octanol–water partition coefficient (Wildman–Crippen LogP) is 7.08. The SMILES string of the molecule is C[Si](C)Oc1cc(C(C)(C)C)ccc1C=Cc1ccc(C(C)(C)C)cc1. The fraction of sp³-hybridized carbons (Fsp3) is 0.417. The van der Waals surface area contributed by atoms with Gasteiger partial charge in [0.05, 0.1) is 0 Å². The molecule has 0 unspecified atom stereocenters. The van der Waals surface area contributed by atoms with Gasteiger partial charge in [-0.3, -0.25) is 0 Å². The Bertz CT molecular complexity index is 756. The average molecular weight is 366 g/mol. The highest BCUT2D eigenvalue weighted by molar-refractivity contribution is 6.49. The topological polar surface area (TPSA) is 9.23 Å². The Morgan fingerprint density at radius 3 is 1.77 bits per heavy atom. The van der Waals surface area contributed by atoms with Crippen LogP contribution in [0.5, 0.6) is 5.75 Å². The Morgan fingerprint density at radius 1 is 0.731 bits per heavy atom. The van der Waals surface area contributed by atoms with Gasteiger partial charge >= 0.3 is 0 Å². The first-order valence-electron chi connectivity index (χ1n) is 9.38. The van der Waals surface area contributed by atoms with Crippen LogP contribution in [0.3, 0.4) is 0 Å². The molecule has 1 nitrogen and oxygen atoms in total. The minimum absolute atomic E-state index is 0.123. The van der Waals surface area contributed by atoms with Crippen LogP contribution in [0.2, 0.25) is 13.1 Å². The summed E-state index contributed by atoms with van der Waals surface area (Å²) < 4.78 is 6.18. The Kier molecular flexibility index (Phi) is 6.18. The minimum Gasteiger partial charge on any atom is -0.542 e. The van der Waals surface area contributed by atoms with E-state index in [1.807, 2.05) is 0 Å². The van der Waals surface area contributed by atoms with E-state index >= 15 is 0 Å². The van der Waals surface area contributed by atoms with Crippen molar-refractivity contribution < 1.29 is 4.43 Å². The first-order chi connectivity index (χ1) is 12.0. The molecule has 0 aliphatic carbocycles. The van der Waals surface area contributed by atoms with Gasteiger partial charge in [-0.2, -0.15) is 0 Å². The van der Waals surface area contributed by atoms with Crippen LogP contribution >= 0.6 is 0 Å². The summed E-state index contributed by atoms with van der Waals surface area (Å²) in [4.78, 5) is 0. The first-order valence-corrected chi connectivity index (χ1v) is 11.8. The lowest BCUT2D eigenvalue weighted by atomic mass is 9.86. The number of rotatable bonds is 4. The standard InChI is InChI=1S/C24H33OSi/c1-23(2,3)20-14-10-18(11-15-20)9-12-19-13-16-21(24(4,5)6)17-22(19)25-26(7)8/h9-17H,1-8H3. The molecule has 0 aromatic heterocycles. The van der Waals surface area contributed by atoms with Crippen LogP contribution in [-0.4, -0.2) is 9.04 Å². The molecular weight excluding hydrogens is 332 g/mol. The van der Waals surface area contributed by atoms with E-state index < -0.39 is 9.04 Å². The second-order valence-corrected chi connectivity index (χ2v) is 11.2. The van der Waals surface area contributed by atoms with Gasteiger partial charge in [-0.1, -0.05) is 90.1 Å². The maximum absolute atomic E-state index is 6.18. The van der Waals surface area contributed by atoms with Gasteiger partial charge in [0, 0.05) is 5.56 Å². The van der Waals surface area contributed by atoms with Gasteiger partial charge in [-0.25, -0.2) is 0 Å². The van der Waals surface area contributed by atoms with Crippen molar-refractivity contribution in [3.8, 4) is 5.75 Å². The van der Waals surface area contributed by atoms with Crippen molar-refractivity contribution in [2.75, 3.05) is 0 Å². The maximum atomic E-state index is 6.18. The van der Waals surface area contributed by atoms with Crippen LogP contribution in [0.15, 0.2) is 42.5 Å². The van der Waals surface area contributed by atoms with Crippen molar-refractivity contribution in [1.82, 2.24) is 0 Å². The molecule has 0 spiro atoms. The highest BCUT2D eigenvalue weighted by atomic mass is 28.3. The summed E-state index contributed by atoms with van der Waals surface area (Å²) in [5, 5.41) is 0. The monoisotopic (exact) mass is 365 g/mol. The van der Waals surface area contributed by atoms with Gasteiger partial charge in [0.25, 0.3) is 9.04 Å². The van der Waals surface area contributed by atoms with E-state index in [1.165, 1.54) is 16.7 Å². The predicted molar refractivity (Wildman–Crippen MR) is 117 cm³/mol. The Hall–Kier alpha value is -1.80. The molecule has 139 valence electrons. The fourth-order valence-electron chi connectivity index (χ4n) is 2.73. The summed E-state index contributed by atoms with van der Waals surface area (Å²) in [6, 6.07) is 15.4. The third-order valence-electron chi connectivity index (χ3n) is 4.43. The van der Waals surface area contributed by atoms with Crippen molar-refractivity contribution in [2.24, 2.45) is 0 Å². The van der Waals surface area contributed by atoms with Crippen molar-refractivity contribution in [3.63, 3.8) is 0 Å². The summed E-state index contributed by atoms with van der Waals surface area (Å²) in [6.07, 6.45) is 4.34. The van der Waals surface area contributed by atoms with E-state index in [0.29, 0.717) is 0 Å². The molecule has 0 N–H and O–H groups in total. The molecule has 0 saturated carbocycles. The number of benzene rings is 2. The summed E-state index contributed by atoms with van der Waals surface area (Å²) >= 11 is 0. The largest absolute Gasteiger partial charge is 0.542 e. The normalized spacial score (nSPS) is 12.8. The maximum Gasteiger partial charge on any atom is 0.274 e. The van der Waals surface area contributed by atoms with Crippen LogP contribution in [0.4, 0.5) is 0 Å². The molecule has 0 saturated heterocycles. The lowest BCUT2D eigenvalue weighted by molar-refractivity contribution is 0.559. The van der Waals surface area contributed by atoms with Crippen LogP contribution in [0.25, 0.3) is 12.2 Å². The first kappa shape index (κ1) is 20.5.